The molecule has 1 aliphatic heterocycles. The highest BCUT2D eigenvalue weighted by Crippen LogP contribution is 2.36. The molecule has 9 heteroatoms. The van der Waals surface area contributed by atoms with Gasteiger partial charge in [-0.05, 0) is 50.1 Å². The summed E-state index contributed by atoms with van der Waals surface area (Å²) in [6.07, 6.45) is 3.76. The lowest BCUT2D eigenvalue weighted by Gasteiger charge is -2.21. The number of aryl methyl sites for hydroxylation is 1. The van der Waals surface area contributed by atoms with Gasteiger partial charge < -0.3 is 4.74 Å². The van der Waals surface area contributed by atoms with E-state index < -0.39 is 11.4 Å². The summed E-state index contributed by atoms with van der Waals surface area (Å²) in [5, 5.41) is 0. The summed E-state index contributed by atoms with van der Waals surface area (Å²) in [5.74, 6) is -1.02. The average molecular weight is 470 g/mol. The Morgan fingerprint density at radius 3 is 2.72 bits per heavy atom. The summed E-state index contributed by atoms with van der Waals surface area (Å²) in [6.45, 7) is 5.69. The number of halogens is 1. The number of amides is 1. The van der Waals surface area contributed by atoms with E-state index in [-0.39, 0.29) is 29.1 Å². The normalized spacial score (nSPS) is 16.2. The van der Waals surface area contributed by atoms with E-state index >= 15 is 0 Å². The number of fused-ring (bicyclic) bond motifs is 1. The number of thiocarbonyl (C=S) groups is 1. The van der Waals surface area contributed by atoms with Crippen LogP contribution in [0.3, 0.4) is 0 Å². The van der Waals surface area contributed by atoms with Crippen LogP contribution in [0.2, 0.25) is 0 Å². The van der Waals surface area contributed by atoms with Gasteiger partial charge in [-0.2, -0.15) is 4.98 Å². The van der Waals surface area contributed by atoms with Crippen LogP contribution in [-0.4, -0.2) is 30.6 Å². The summed E-state index contributed by atoms with van der Waals surface area (Å²) in [4.78, 5) is 32.7. The number of pyridine rings is 1. The smallest absolute Gasteiger partial charge is 0.269 e. The van der Waals surface area contributed by atoms with Gasteiger partial charge in [-0.25, -0.2) is 4.39 Å². The summed E-state index contributed by atoms with van der Waals surface area (Å²) < 4.78 is 21.8. The Morgan fingerprint density at radius 2 is 2.00 bits per heavy atom. The molecule has 4 rings (SSSR count). The molecule has 0 N–H and O–H groups in total. The molecule has 32 heavy (non-hydrogen) atoms. The number of benzene rings is 1. The second kappa shape index (κ2) is 8.84. The zero-order valence-corrected chi connectivity index (χ0v) is 19.3. The molecule has 0 saturated carbocycles. The number of hydrogen-bond donors (Lipinski definition) is 0. The van der Waals surface area contributed by atoms with Crippen LogP contribution < -0.4 is 10.3 Å². The quantitative estimate of drug-likeness (QED) is 0.390. The van der Waals surface area contributed by atoms with Crippen molar-refractivity contribution in [3.63, 3.8) is 0 Å². The molecule has 164 valence electrons. The molecule has 0 unspecified atom stereocenters. The zero-order chi connectivity index (χ0) is 23.0. The minimum Gasteiger partial charge on any atom is -0.435 e. The van der Waals surface area contributed by atoms with E-state index in [0.717, 1.165) is 23.7 Å². The van der Waals surface area contributed by atoms with Crippen LogP contribution in [0.5, 0.6) is 11.6 Å². The van der Waals surface area contributed by atoms with Crippen LogP contribution in [0.1, 0.15) is 31.4 Å². The van der Waals surface area contributed by atoms with Crippen molar-refractivity contribution in [2.75, 3.05) is 0 Å². The molecule has 6 nitrogen and oxygen atoms in total. The van der Waals surface area contributed by atoms with E-state index in [1.54, 1.807) is 23.2 Å². The van der Waals surface area contributed by atoms with Gasteiger partial charge in [-0.15, -0.1) is 0 Å². The Balaban J connectivity index is 1.90. The van der Waals surface area contributed by atoms with Crippen LogP contribution in [-0.2, 0) is 4.79 Å². The number of thioether (sulfide) groups is 1. The topological polar surface area (TPSA) is 63.9 Å². The number of rotatable bonds is 5. The molecule has 1 aliphatic rings. The van der Waals surface area contributed by atoms with Crippen LogP contribution in [0.15, 0.2) is 52.3 Å². The third-order valence-corrected chi connectivity index (χ3v) is 6.55. The van der Waals surface area contributed by atoms with Crippen molar-refractivity contribution in [2.45, 2.75) is 33.2 Å². The van der Waals surface area contributed by atoms with Gasteiger partial charge in [-0.3, -0.25) is 18.9 Å². The number of carbonyl (C=O) groups excluding carboxylic acids is 1. The summed E-state index contributed by atoms with van der Waals surface area (Å²) in [7, 11) is 0. The van der Waals surface area contributed by atoms with Gasteiger partial charge >= 0.3 is 0 Å². The molecular formula is C23H20FN3O3S2. The molecule has 2 aromatic heterocycles. The van der Waals surface area contributed by atoms with Crippen molar-refractivity contribution >= 4 is 45.9 Å². The van der Waals surface area contributed by atoms with E-state index in [1.807, 2.05) is 26.8 Å². The van der Waals surface area contributed by atoms with Crippen molar-refractivity contribution in [3.05, 3.63) is 74.8 Å². The Kier molecular flexibility index (Phi) is 6.12. The Hall–Kier alpha value is -3.04. The molecule has 0 bridgehead atoms. The molecule has 0 radical (unpaired) electrons. The maximum absolute atomic E-state index is 14.3. The fraction of sp³-hybridized carbons (Fsp3) is 0.217. The average Bonchev–Trinajstić information content (AvgIpc) is 3.05. The highest BCUT2D eigenvalue weighted by Gasteiger charge is 2.35. The van der Waals surface area contributed by atoms with Gasteiger partial charge in [0.05, 0.1) is 4.91 Å². The van der Waals surface area contributed by atoms with Gasteiger partial charge in [0.1, 0.15) is 15.5 Å². The number of hydrogen-bond acceptors (Lipinski definition) is 6. The minimum absolute atomic E-state index is 0.0426. The lowest BCUT2D eigenvalue weighted by molar-refractivity contribution is -0.123. The second-order valence-corrected chi connectivity index (χ2v) is 9.04. The first-order valence-corrected chi connectivity index (χ1v) is 11.3. The number of para-hydroxylation sites is 1. The largest absolute Gasteiger partial charge is 0.435 e. The first-order chi connectivity index (χ1) is 15.3. The molecule has 1 aromatic carbocycles. The Labute approximate surface area is 193 Å². The highest BCUT2D eigenvalue weighted by molar-refractivity contribution is 8.26. The first-order valence-electron chi connectivity index (χ1n) is 10.0. The van der Waals surface area contributed by atoms with Crippen molar-refractivity contribution in [1.29, 1.82) is 0 Å². The monoisotopic (exact) mass is 469 g/mol. The standard InChI is InChI=1S/C23H20FN3O3S2/c1-4-14(3)27-22(29)18(32-23(27)31)12-15-20(30-17-10-6-5-9-16(17)24)25-19-13(2)8-7-11-26(19)21(15)28/h5-12,14H,4H2,1-3H3/b18-12-/t14-/m0/s1. The zero-order valence-electron chi connectivity index (χ0n) is 17.7. The predicted molar refractivity (Wildman–Crippen MR) is 127 cm³/mol. The summed E-state index contributed by atoms with van der Waals surface area (Å²) in [5.41, 5.74) is 0.741. The SMILES string of the molecule is CC[C@H](C)N1C(=O)/C(=C/c2c(Oc3ccccc3F)nc3c(C)cccn3c2=O)SC1=S. The molecule has 1 saturated heterocycles. The summed E-state index contributed by atoms with van der Waals surface area (Å²) >= 11 is 6.50. The predicted octanol–water partition coefficient (Wildman–Crippen LogP) is 4.93. The highest BCUT2D eigenvalue weighted by atomic mass is 32.2. The fourth-order valence-electron chi connectivity index (χ4n) is 3.30. The lowest BCUT2D eigenvalue weighted by Crippen LogP contribution is -2.36. The number of ether oxygens (including phenoxy) is 1. The molecule has 3 aromatic rings. The minimum atomic E-state index is -0.590. The number of carbonyl (C=O) groups is 1. The van der Waals surface area contributed by atoms with E-state index in [0.29, 0.717) is 14.9 Å². The van der Waals surface area contributed by atoms with Gasteiger partial charge in [0.2, 0.25) is 5.88 Å². The molecular weight excluding hydrogens is 449 g/mol. The molecule has 1 atom stereocenters. The number of aromatic nitrogens is 2. The van der Waals surface area contributed by atoms with Gasteiger partial charge in [0.15, 0.2) is 11.6 Å². The van der Waals surface area contributed by atoms with Crippen molar-refractivity contribution in [2.24, 2.45) is 0 Å². The van der Waals surface area contributed by atoms with E-state index in [4.69, 9.17) is 17.0 Å². The van der Waals surface area contributed by atoms with Crippen molar-refractivity contribution in [1.82, 2.24) is 14.3 Å². The van der Waals surface area contributed by atoms with Crippen molar-refractivity contribution < 1.29 is 13.9 Å². The third-order valence-electron chi connectivity index (χ3n) is 5.22. The molecule has 0 spiro atoms. The van der Waals surface area contributed by atoms with Crippen LogP contribution in [0.4, 0.5) is 4.39 Å². The van der Waals surface area contributed by atoms with Crippen molar-refractivity contribution in [3.8, 4) is 11.6 Å². The maximum Gasteiger partial charge on any atom is 0.269 e. The maximum atomic E-state index is 14.3. The van der Waals surface area contributed by atoms with Gasteiger partial charge in [0, 0.05) is 12.2 Å². The Morgan fingerprint density at radius 1 is 1.25 bits per heavy atom. The summed E-state index contributed by atoms with van der Waals surface area (Å²) in [6, 6.07) is 9.33. The van der Waals surface area contributed by atoms with Gasteiger partial charge in [-0.1, -0.05) is 49.1 Å². The third kappa shape index (κ3) is 3.93. The number of nitrogens with zero attached hydrogens (tertiary/aromatic N) is 3. The molecule has 0 aliphatic carbocycles. The van der Waals surface area contributed by atoms with Crippen LogP contribution in [0.25, 0.3) is 11.7 Å². The van der Waals surface area contributed by atoms with Crippen LogP contribution >= 0.6 is 24.0 Å². The van der Waals surface area contributed by atoms with E-state index in [1.165, 1.54) is 28.7 Å². The fourth-order valence-corrected chi connectivity index (χ4v) is 4.74. The van der Waals surface area contributed by atoms with E-state index in [9.17, 15) is 14.0 Å². The van der Waals surface area contributed by atoms with E-state index in [2.05, 4.69) is 4.98 Å². The Bertz CT molecular complexity index is 1340. The molecule has 1 fully saturated rings. The lowest BCUT2D eigenvalue weighted by atomic mass is 10.2. The first kappa shape index (κ1) is 22.2. The van der Waals surface area contributed by atoms with Gasteiger partial charge in [0.25, 0.3) is 11.5 Å². The van der Waals surface area contributed by atoms with Crippen LogP contribution in [0, 0.1) is 12.7 Å². The molecule has 1 amide bonds. The second-order valence-electron chi connectivity index (χ2n) is 7.36. The molecule has 3 heterocycles.